The minimum Gasteiger partial charge on any atom is -0.483 e. The van der Waals surface area contributed by atoms with E-state index in [1.165, 1.54) is 0 Å². The normalized spacial score (nSPS) is 10.7. The number of para-hydroxylation sites is 1. The Hall–Kier alpha value is -2.14. The molecular weight excluding hydrogens is 344 g/mol. The van der Waals surface area contributed by atoms with Gasteiger partial charge in [0.1, 0.15) is 5.75 Å². The monoisotopic (exact) mass is 360 g/mol. The molecule has 0 heterocycles. The standard InChI is InChI=1S/C17H17BrN2O2/c1-12-4-3-5-13(2)17(12)22-11-16(21)20-19-10-14-6-8-15(18)9-7-14/h3-10H,11H2,1-2H3,(H,20,21)/b19-10+. The van der Waals surface area contributed by atoms with Gasteiger partial charge in [-0.05, 0) is 42.7 Å². The van der Waals surface area contributed by atoms with Gasteiger partial charge in [-0.3, -0.25) is 4.79 Å². The molecule has 0 aliphatic rings. The van der Waals surface area contributed by atoms with Crippen LogP contribution in [0.5, 0.6) is 5.75 Å². The van der Waals surface area contributed by atoms with Crippen LogP contribution in [0.25, 0.3) is 0 Å². The van der Waals surface area contributed by atoms with Crippen molar-refractivity contribution in [2.45, 2.75) is 13.8 Å². The molecule has 22 heavy (non-hydrogen) atoms. The summed E-state index contributed by atoms with van der Waals surface area (Å²) in [5, 5.41) is 3.91. The van der Waals surface area contributed by atoms with Crippen molar-refractivity contribution in [1.29, 1.82) is 0 Å². The second-order valence-electron chi connectivity index (χ2n) is 4.85. The molecule has 4 nitrogen and oxygen atoms in total. The Balaban J connectivity index is 1.84. The van der Waals surface area contributed by atoms with E-state index in [0.29, 0.717) is 0 Å². The van der Waals surface area contributed by atoms with Crippen LogP contribution in [0.1, 0.15) is 16.7 Å². The van der Waals surface area contributed by atoms with E-state index >= 15 is 0 Å². The minimum atomic E-state index is -0.295. The van der Waals surface area contributed by atoms with E-state index in [1.54, 1.807) is 6.21 Å². The Morgan fingerprint density at radius 3 is 2.45 bits per heavy atom. The number of aryl methyl sites for hydroxylation is 2. The Morgan fingerprint density at radius 2 is 1.82 bits per heavy atom. The van der Waals surface area contributed by atoms with Gasteiger partial charge in [0, 0.05) is 4.47 Å². The molecule has 0 unspecified atom stereocenters. The number of rotatable bonds is 5. The fraction of sp³-hybridized carbons (Fsp3) is 0.176. The lowest BCUT2D eigenvalue weighted by atomic mass is 10.1. The fourth-order valence-corrected chi connectivity index (χ4v) is 2.19. The van der Waals surface area contributed by atoms with Crippen LogP contribution in [0.15, 0.2) is 52.0 Å². The van der Waals surface area contributed by atoms with Crippen LogP contribution in [-0.4, -0.2) is 18.7 Å². The number of carbonyl (C=O) groups is 1. The van der Waals surface area contributed by atoms with Crippen LogP contribution in [0, 0.1) is 13.8 Å². The van der Waals surface area contributed by atoms with E-state index in [2.05, 4.69) is 26.5 Å². The number of hydrogen-bond acceptors (Lipinski definition) is 3. The van der Waals surface area contributed by atoms with Gasteiger partial charge in [0.15, 0.2) is 6.61 Å². The molecule has 0 saturated carbocycles. The maximum Gasteiger partial charge on any atom is 0.277 e. The van der Waals surface area contributed by atoms with Crippen molar-refractivity contribution >= 4 is 28.1 Å². The molecule has 1 N–H and O–H groups in total. The molecule has 0 saturated heterocycles. The van der Waals surface area contributed by atoms with Gasteiger partial charge < -0.3 is 4.74 Å². The average Bonchev–Trinajstić information content (AvgIpc) is 2.49. The average molecular weight is 361 g/mol. The second kappa shape index (κ2) is 7.75. The zero-order chi connectivity index (χ0) is 15.9. The third kappa shape index (κ3) is 4.70. The van der Waals surface area contributed by atoms with Gasteiger partial charge in [-0.1, -0.05) is 46.3 Å². The van der Waals surface area contributed by atoms with Gasteiger partial charge in [0.05, 0.1) is 6.21 Å². The smallest absolute Gasteiger partial charge is 0.277 e. The molecule has 0 atom stereocenters. The van der Waals surface area contributed by atoms with E-state index in [9.17, 15) is 4.79 Å². The predicted molar refractivity (Wildman–Crippen MR) is 91.3 cm³/mol. The molecule has 2 rings (SSSR count). The van der Waals surface area contributed by atoms with Crippen molar-refractivity contribution in [2.75, 3.05) is 6.61 Å². The Morgan fingerprint density at radius 1 is 1.18 bits per heavy atom. The summed E-state index contributed by atoms with van der Waals surface area (Å²) in [6, 6.07) is 13.5. The first-order valence-corrected chi connectivity index (χ1v) is 7.62. The summed E-state index contributed by atoms with van der Waals surface area (Å²) >= 11 is 3.36. The molecule has 0 spiro atoms. The summed E-state index contributed by atoms with van der Waals surface area (Å²) in [6.07, 6.45) is 1.59. The largest absolute Gasteiger partial charge is 0.483 e. The number of halogens is 1. The Kier molecular flexibility index (Phi) is 5.72. The van der Waals surface area contributed by atoms with Crippen molar-refractivity contribution in [3.8, 4) is 5.75 Å². The molecule has 2 aromatic carbocycles. The molecule has 0 fully saturated rings. The highest BCUT2D eigenvalue weighted by Gasteiger charge is 2.06. The van der Waals surface area contributed by atoms with Gasteiger partial charge >= 0.3 is 0 Å². The van der Waals surface area contributed by atoms with Crippen LogP contribution in [-0.2, 0) is 4.79 Å². The fourth-order valence-electron chi connectivity index (χ4n) is 1.92. The number of carbonyl (C=O) groups excluding carboxylic acids is 1. The number of hydrogen-bond donors (Lipinski definition) is 1. The van der Waals surface area contributed by atoms with E-state index in [1.807, 2.05) is 56.3 Å². The molecule has 0 aliphatic heterocycles. The Bertz CT molecular complexity index is 661. The van der Waals surface area contributed by atoms with E-state index in [-0.39, 0.29) is 12.5 Å². The van der Waals surface area contributed by atoms with Gasteiger partial charge in [-0.15, -0.1) is 0 Å². The maximum absolute atomic E-state index is 11.7. The molecule has 0 radical (unpaired) electrons. The third-order valence-corrected chi connectivity index (χ3v) is 3.56. The van der Waals surface area contributed by atoms with Crippen LogP contribution in [0.2, 0.25) is 0 Å². The van der Waals surface area contributed by atoms with Crippen molar-refractivity contribution < 1.29 is 9.53 Å². The van der Waals surface area contributed by atoms with Crippen molar-refractivity contribution in [3.63, 3.8) is 0 Å². The van der Waals surface area contributed by atoms with Gasteiger partial charge in [-0.2, -0.15) is 5.10 Å². The summed E-state index contributed by atoms with van der Waals surface area (Å²) in [5.74, 6) is 0.450. The summed E-state index contributed by atoms with van der Waals surface area (Å²) in [7, 11) is 0. The molecular formula is C17H17BrN2O2. The number of hydrazone groups is 1. The lowest BCUT2D eigenvalue weighted by molar-refractivity contribution is -0.123. The predicted octanol–water partition coefficient (Wildman–Crippen LogP) is 3.60. The van der Waals surface area contributed by atoms with E-state index < -0.39 is 0 Å². The van der Waals surface area contributed by atoms with Gasteiger partial charge in [0.25, 0.3) is 5.91 Å². The quantitative estimate of drug-likeness (QED) is 0.654. The lowest BCUT2D eigenvalue weighted by Crippen LogP contribution is -2.25. The van der Waals surface area contributed by atoms with Crippen molar-refractivity contribution in [2.24, 2.45) is 5.10 Å². The highest BCUT2D eigenvalue weighted by Crippen LogP contribution is 2.21. The van der Waals surface area contributed by atoms with E-state index in [0.717, 1.165) is 26.9 Å². The Labute approximate surface area is 138 Å². The number of nitrogens with zero attached hydrogens (tertiary/aromatic N) is 1. The topological polar surface area (TPSA) is 50.7 Å². The maximum atomic E-state index is 11.7. The summed E-state index contributed by atoms with van der Waals surface area (Å²) in [5.41, 5.74) is 5.36. The van der Waals surface area contributed by atoms with Crippen LogP contribution < -0.4 is 10.2 Å². The van der Waals surface area contributed by atoms with Crippen molar-refractivity contribution in [1.82, 2.24) is 5.43 Å². The zero-order valence-electron chi connectivity index (χ0n) is 12.5. The van der Waals surface area contributed by atoms with Crippen LogP contribution >= 0.6 is 15.9 Å². The second-order valence-corrected chi connectivity index (χ2v) is 5.77. The number of nitrogens with one attached hydrogen (secondary N) is 1. The van der Waals surface area contributed by atoms with E-state index in [4.69, 9.17) is 4.74 Å². The molecule has 0 aliphatic carbocycles. The summed E-state index contributed by atoms with van der Waals surface area (Å²) in [6.45, 7) is 3.83. The number of benzene rings is 2. The SMILES string of the molecule is Cc1cccc(C)c1OCC(=O)N/N=C/c1ccc(Br)cc1. The van der Waals surface area contributed by atoms with Gasteiger partial charge in [0.2, 0.25) is 0 Å². The third-order valence-electron chi connectivity index (χ3n) is 3.03. The minimum absolute atomic E-state index is 0.0661. The zero-order valence-corrected chi connectivity index (χ0v) is 14.1. The van der Waals surface area contributed by atoms with Gasteiger partial charge in [-0.25, -0.2) is 5.43 Å². The van der Waals surface area contributed by atoms with Crippen molar-refractivity contribution in [3.05, 3.63) is 63.6 Å². The van der Waals surface area contributed by atoms with Crippen LogP contribution in [0.4, 0.5) is 0 Å². The number of ether oxygens (including phenoxy) is 1. The molecule has 5 heteroatoms. The molecule has 2 aromatic rings. The molecule has 0 aromatic heterocycles. The van der Waals surface area contributed by atoms with Crippen LogP contribution in [0.3, 0.4) is 0 Å². The first-order valence-electron chi connectivity index (χ1n) is 6.83. The molecule has 114 valence electrons. The summed E-state index contributed by atoms with van der Waals surface area (Å²) in [4.78, 5) is 11.7. The first kappa shape index (κ1) is 16.2. The highest BCUT2D eigenvalue weighted by atomic mass is 79.9. The molecule has 1 amide bonds. The summed E-state index contributed by atoms with van der Waals surface area (Å²) < 4.78 is 6.55. The first-order chi connectivity index (χ1) is 10.6. The molecule has 0 bridgehead atoms. The lowest BCUT2D eigenvalue weighted by Gasteiger charge is -2.10. The number of amides is 1. The highest BCUT2D eigenvalue weighted by molar-refractivity contribution is 9.10.